The lowest BCUT2D eigenvalue weighted by molar-refractivity contribution is 0.0996. The summed E-state index contributed by atoms with van der Waals surface area (Å²) in [5.41, 5.74) is 0. The summed E-state index contributed by atoms with van der Waals surface area (Å²) in [4.78, 5) is 4.29. The first kappa shape index (κ1) is 13.8. The van der Waals surface area contributed by atoms with E-state index >= 15 is 0 Å². The molecule has 6 nitrogen and oxygen atoms in total. The summed E-state index contributed by atoms with van der Waals surface area (Å²) in [5.74, 6) is 0.676. The van der Waals surface area contributed by atoms with Crippen LogP contribution in [-0.2, 0) is 14.8 Å². The van der Waals surface area contributed by atoms with Gasteiger partial charge in [0.25, 0.3) is 0 Å². The fourth-order valence-corrected chi connectivity index (χ4v) is 4.08. The predicted octanol–water partition coefficient (Wildman–Crippen LogP) is 1.11. The van der Waals surface area contributed by atoms with Crippen molar-refractivity contribution in [1.82, 2.24) is 9.71 Å². The number of hydrogen-bond donors (Lipinski definition) is 2. The van der Waals surface area contributed by atoms with Crippen LogP contribution >= 0.6 is 0 Å². The third-order valence-electron chi connectivity index (χ3n) is 3.82. The summed E-state index contributed by atoms with van der Waals surface area (Å²) in [6, 6.07) is 3.14. The summed E-state index contributed by atoms with van der Waals surface area (Å²) >= 11 is 0. The van der Waals surface area contributed by atoms with Crippen LogP contribution in [0.5, 0.6) is 0 Å². The van der Waals surface area contributed by atoms with Gasteiger partial charge in [-0.1, -0.05) is 0 Å². The summed E-state index contributed by atoms with van der Waals surface area (Å²) < 4.78 is 33.0. The summed E-state index contributed by atoms with van der Waals surface area (Å²) in [6.45, 7) is 2.71. The van der Waals surface area contributed by atoms with Crippen LogP contribution in [-0.4, -0.2) is 38.2 Å². The van der Waals surface area contributed by atoms with E-state index < -0.39 is 10.0 Å². The molecule has 1 aromatic rings. The van der Waals surface area contributed by atoms with Gasteiger partial charge in [0, 0.05) is 12.7 Å². The van der Waals surface area contributed by atoms with Crippen LogP contribution in [0.2, 0.25) is 0 Å². The topological polar surface area (TPSA) is 80.3 Å². The molecule has 20 heavy (non-hydrogen) atoms. The highest BCUT2D eigenvalue weighted by molar-refractivity contribution is 7.89. The van der Waals surface area contributed by atoms with E-state index in [9.17, 15) is 8.42 Å². The Morgan fingerprint density at radius 3 is 2.80 bits per heavy atom. The molecule has 2 fully saturated rings. The third kappa shape index (κ3) is 2.65. The van der Waals surface area contributed by atoms with E-state index in [1.807, 2.05) is 6.92 Å². The average Bonchev–Trinajstić information content (AvgIpc) is 3.01. The maximum atomic E-state index is 12.3. The molecule has 2 N–H and O–H groups in total. The maximum absolute atomic E-state index is 12.3. The number of fused-ring (bicyclic) bond motifs is 2. The lowest BCUT2D eigenvalue weighted by atomic mass is 9.96. The Kier molecular flexibility index (Phi) is 3.66. The number of pyridine rings is 1. The number of aromatic nitrogens is 1. The van der Waals surface area contributed by atoms with E-state index in [0.717, 1.165) is 25.8 Å². The smallest absolute Gasteiger partial charge is 0.242 e. The van der Waals surface area contributed by atoms with E-state index in [-0.39, 0.29) is 23.1 Å². The van der Waals surface area contributed by atoms with Crippen molar-refractivity contribution in [3.8, 4) is 0 Å². The zero-order valence-electron chi connectivity index (χ0n) is 11.4. The van der Waals surface area contributed by atoms with Crippen LogP contribution in [0.25, 0.3) is 0 Å². The molecule has 3 heterocycles. The van der Waals surface area contributed by atoms with Gasteiger partial charge in [-0.25, -0.2) is 18.1 Å². The van der Waals surface area contributed by atoms with Gasteiger partial charge in [-0.05, 0) is 38.3 Å². The fourth-order valence-electron chi connectivity index (χ4n) is 2.85. The number of sulfonamides is 1. The van der Waals surface area contributed by atoms with Crippen molar-refractivity contribution in [2.45, 2.75) is 49.3 Å². The quantitative estimate of drug-likeness (QED) is 0.851. The standard InChI is InChI=1S/C13H19N3O3S/c1-2-14-13-6-4-10(8-15-13)20(17,18)16-11-7-9-3-5-12(11)19-9/h4,6,8-9,11-12,16H,2-3,5,7H2,1H3,(H,14,15). The Morgan fingerprint density at radius 1 is 1.40 bits per heavy atom. The number of nitrogens with one attached hydrogen (secondary N) is 2. The first-order valence-corrected chi connectivity index (χ1v) is 8.44. The van der Waals surface area contributed by atoms with Crippen LogP contribution in [0.1, 0.15) is 26.2 Å². The molecule has 3 rings (SSSR count). The number of hydrogen-bond acceptors (Lipinski definition) is 5. The monoisotopic (exact) mass is 297 g/mol. The molecule has 110 valence electrons. The molecule has 0 saturated carbocycles. The highest BCUT2D eigenvalue weighted by atomic mass is 32.2. The minimum absolute atomic E-state index is 0.0313. The Morgan fingerprint density at radius 2 is 2.25 bits per heavy atom. The zero-order valence-corrected chi connectivity index (χ0v) is 12.2. The number of nitrogens with zero attached hydrogens (tertiary/aromatic N) is 1. The Bertz CT molecular complexity index is 573. The van der Waals surface area contributed by atoms with Gasteiger partial charge in [-0.3, -0.25) is 0 Å². The molecule has 3 atom stereocenters. The molecule has 7 heteroatoms. The fraction of sp³-hybridized carbons (Fsp3) is 0.615. The van der Waals surface area contributed by atoms with E-state index in [0.29, 0.717) is 5.82 Å². The van der Waals surface area contributed by atoms with E-state index in [1.165, 1.54) is 6.20 Å². The molecule has 0 amide bonds. The second-order valence-corrected chi connectivity index (χ2v) is 6.96. The Labute approximate surface area is 119 Å². The van der Waals surface area contributed by atoms with Crippen LogP contribution < -0.4 is 10.0 Å². The highest BCUT2D eigenvalue weighted by Crippen LogP contribution is 2.34. The summed E-state index contributed by atoms with van der Waals surface area (Å²) in [5, 5.41) is 3.03. The number of anilines is 1. The first-order valence-electron chi connectivity index (χ1n) is 6.96. The molecular weight excluding hydrogens is 278 g/mol. The Hall–Kier alpha value is -1.18. The van der Waals surface area contributed by atoms with Gasteiger partial charge in [-0.2, -0.15) is 0 Å². The average molecular weight is 297 g/mol. The molecule has 0 radical (unpaired) electrons. The third-order valence-corrected chi connectivity index (χ3v) is 5.29. The van der Waals surface area contributed by atoms with Gasteiger partial charge in [-0.15, -0.1) is 0 Å². The molecule has 0 aromatic carbocycles. The van der Waals surface area contributed by atoms with Crippen LogP contribution in [0.3, 0.4) is 0 Å². The molecule has 2 aliphatic heterocycles. The Balaban J connectivity index is 1.71. The van der Waals surface area contributed by atoms with Crippen LogP contribution in [0.4, 0.5) is 5.82 Å². The molecule has 1 aromatic heterocycles. The van der Waals surface area contributed by atoms with Gasteiger partial charge in [0.05, 0.1) is 18.2 Å². The lowest BCUT2D eigenvalue weighted by Gasteiger charge is -2.19. The van der Waals surface area contributed by atoms with Gasteiger partial charge in [0.1, 0.15) is 10.7 Å². The summed E-state index contributed by atoms with van der Waals surface area (Å²) in [7, 11) is -3.52. The van der Waals surface area contributed by atoms with E-state index in [1.54, 1.807) is 12.1 Å². The van der Waals surface area contributed by atoms with Crippen molar-refractivity contribution in [3.63, 3.8) is 0 Å². The van der Waals surface area contributed by atoms with E-state index in [4.69, 9.17) is 4.74 Å². The van der Waals surface area contributed by atoms with Gasteiger partial charge >= 0.3 is 0 Å². The van der Waals surface area contributed by atoms with Gasteiger partial charge < -0.3 is 10.1 Å². The minimum Gasteiger partial charge on any atom is -0.373 e. The minimum atomic E-state index is -3.52. The van der Waals surface area contributed by atoms with Crippen molar-refractivity contribution in [2.75, 3.05) is 11.9 Å². The van der Waals surface area contributed by atoms with Crippen molar-refractivity contribution in [1.29, 1.82) is 0 Å². The predicted molar refractivity (Wildman–Crippen MR) is 75.0 cm³/mol. The zero-order chi connectivity index (χ0) is 14.2. The molecule has 2 aliphatic rings. The molecule has 2 saturated heterocycles. The number of ether oxygens (including phenoxy) is 1. The second kappa shape index (κ2) is 5.31. The normalized spacial score (nSPS) is 28.8. The largest absolute Gasteiger partial charge is 0.373 e. The molecule has 2 bridgehead atoms. The SMILES string of the molecule is CCNc1ccc(S(=O)(=O)NC2CC3CCC2O3)cn1. The van der Waals surface area contributed by atoms with Crippen molar-refractivity contribution >= 4 is 15.8 Å². The van der Waals surface area contributed by atoms with Gasteiger partial charge in [0.15, 0.2) is 0 Å². The first-order chi connectivity index (χ1) is 9.58. The van der Waals surface area contributed by atoms with Crippen LogP contribution in [0, 0.1) is 0 Å². The van der Waals surface area contributed by atoms with Crippen molar-refractivity contribution in [3.05, 3.63) is 18.3 Å². The van der Waals surface area contributed by atoms with Gasteiger partial charge in [0.2, 0.25) is 10.0 Å². The maximum Gasteiger partial charge on any atom is 0.242 e. The lowest BCUT2D eigenvalue weighted by Crippen LogP contribution is -2.41. The molecule has 3 unspecified atom stereocenters. The molecule has 0 aliphatic carbocycles. The molecule has 0 spiro atoms. The number of rotatable bonds is 5. The second-order valence-electron chi connectivity index (χ2n) is 5.25. The summed E-state index contributed by atoms with van der Waals surface area (Å²) in [6.07, 6.45) is 4.39. The molecular formula is C13H19N3O3S. The van der Waals surface area contributed by atoms with E-state index in [2.05, 4.69) is 15.0 Å². The van der Waals surface area contributed by atoms with Crippen LogP contribution in [0.15, 0.2) is 23.2 Å². The van der Waals surface area contributed by atoms with Crippen molar-refractivity contribution < 1.29 is 13.2 Å². The highest BCUT2D eigenvalue weighted by Gasteiger charge is 2.42. The van der Waals surface area contributed by atoms with Crippen molar-refractivity contribution in [2.24, 2.45) is 0 Å².